The van der Waals surface area contributed by atoms with Crippen LogP contribution in [0.15, 0.2) is 24.5 Å². The van der Waals surface area contributed by atoms with E-state index in [2.05, 4.69) is 20.3 Å². The van der Waals surface area contributed by atoms with Gasteiger partial charge < -0.3 is 25.0 Å². The van der Waals surface area contributed by atoms with Crippen molar-refractivity contribution in [2.24, 2.45) is 5.92 Å². The number of fused-ring (bicyclic) bond motifs is 1. The number of carbonyl (C=O) groups excluding carboxylic acids is 2. The van der Waals surface area contributed by atoms with Gasteiger partial charge in [0.15, 0.2) is 0 Å². The summed E-state index contributed by atoms with van der Waals surface area (Å²) in [5.74, 6) is -0.631. The van der Waals surface area contributed by atoms with Gasteiger partial charge in [-0.25, -0.2) is 18.7 Å². The van der Waals surface area contributed by atoms with Crippen LogP contribution < -0.4 is 10.1 Å². The first-order valence-corrected chi connectivity index (χ1v) is 11.9. The Labute approximate surface area is 205 Å². The summed E-state index contributed by atoms with van der Waals surface area (Å²) in [5, 5.41) is 12.2. The predicted octanol–water partition coefficient (Wildman–Crippen LogP) is 2.52. The maximum Gasteiger partial charge on any atom is 0.255 e. The monoisotopic (exact) mass is 499 g/mol. The highest BCUT2D eigenvalue weighted by Crippen LogP contribution is 2.36. The lowest BCUT2D eigenvalue weighted by molar-refractivity contribution is -0.138. The number of aromatic nitrogens is 3. The Hall–Kier alpha value is -3.60. The minimum absolute atomic E-state index is 0.0523. The fourth-order valence-corrected chi connectivity index (χ4v) is 4.49. The number of aliphatic hydroxyl groups is 1. The van der Waals surface area contributed by atoms with E-state index in [1.165, 1.54) is 30.3 Å². The number of carbonyl (C=O) groups is 2. The molecule has 0 bridgehead atoms. The van der Waals surface area contributed by atoms with Gasteiger partial charge >= 0.3 is 0 Å². The molecule has 36 heavy (non-hydrogen) atoms. The van der Waals surface area contributed by atoms with Crippen molar-refractivity contribution in [3.05, 3.63) is 41.6 Å². The zero-order chi connectivity index (χ0) is 25.6. The smallest absolute Gasteiger partial charge is 0.255 e. The van der Waals surface area contributed by atoms with Gasteiger partial charge in [0.1, 0.15) is 41.4 Å². The lowest BCUT2D eigenvalue weighted by Gasteiger charge is -2.18. The maximum atomic E-state index is 14.6. The second-order valence-corrected chi connectivity index (χ2v) is 9.48. The molecule has 1 aliphatic heterocycles. The van der Waals surface area contributed by atoms with E-state index in [1.807, 2.05) is 0 Å². The number of aliphatic hydroxyl groups excluding tert-OH is 1. The molecule has 2 aliphatic rings. The lowest BCUT2D eigenvalue weighted by atomic mass is 10.1. The molecule has 3 heterocycles. The number of likely N-dealkylation sites (tertiary alicyclic amines) is 1. The van der Waals surface area contributed by atoms with Crippen LogP contribution in [0.4, 0.5) is 8.78 Å². The highest BCUT2D eigenvalue weighted by Gasteiger charge is 2.38. The van der Waals surface area contributed by atoms with E-state index < -0.39 is 35.9 Å². The lowest BCUT2D eigenvalue weighted by Crippen LogP contribution is -2.42. The first-order valence-electron chi connectivity index (χ1n) is 11.9. The summed E-state index contributed by atoms with van der Waals surface area (Å²) in [5.41, 5.74) is 2.23. The molecule has 2 fully saturated rings. The molecule has 9 nitrogen and oxygen atoms in total. The Morgan fingerprint density at radius 1 is 1.31 bits per heavy atom. The minimum Gasteiger partial charge on any atom is -0.493 e. The van der Waals surface area contributed by atoms with E-state index in [4.69, 9.17) is 4.74 Å². The molecule has 1 saturated carbocycles. The zero-order valence-electron chi connectivity index (χ0n) is 19.9. The predicted molar refractivity (Wildman–Crippen MR) is 127 cm³/mol. The van der Waals surface area contributed by atoms with Gasteiger partial charge in [-0.15, -0.1) is 0 Å². The SMILES string of the molecule is Cc1[nH]c2c(-c3cc(F)ccc3OCC3CC3)ncnc2c1C(=O)N[C@@H]1CN(C(=O)[C@H](C)O)C[C@H]1F. The van der Waals surface area contributed by atoms with Crippen LogP contribution in [0.3, 0.4) is 0 Å². The molecule has 3 N–H and O–H groups in total. The molecule has 2 amide bonds. The first-order chi connectivity index (χ1) is 17.2. The number of nitrogens with zero attached hydrogens (tertiary/aromatic N) is 3. The van der Waals surface area contributed by atoms with Crippen molar-refractivity contribution in [3.63, 3.8) is 0 Å². The molecule has 0 unspecified atom stereocenters. The van der Waals surface area contributed by atoms with Crippen LogP contribution in [0, 0.1) is 18.7 Å². The van der Waals surface area contributed by atoms with E-state index in [0.29, 0.717) is 46.3 Å². The van der Waals surface area contributed by atoms with Crippen LogP contribution in [0.25, 0.3) is 22.3 Å². The zero-order valence-corrected chi connectivity index (χ0v) is 19.9. The summed E-state index contributed by atoms with van der Waals surface area (Å²) in [4.78, 5) is 38.2. The van der Waals surface area contributed by atoms with Crippen molar-refractivity contribution in [3.8, 4) is 17.0 Å². The molecule has 1 saturated heterocycles. The van der Waals surface area contributed by atoms with Gasteiger partial charge in [0.25, 0.3) is 11.8 Å². The Morgan fingerprint density at radius 2 is 2.08 bits per heavy atom. The van der Waals surface area contributed by atoms with Crippen LogP contribution in [-0.4, -0.2) is 74.8 Å². The highest BCUT2D eigenvalue weighted by atomic mass is 19.1. The van der Waals surface area contributed by atoms with Crippen molar-refractivity contribution in [1.82, 2.24) is 25.2 Å². The molecule has 5 rings (SSSR count). The van der Waals surface area contributed by atoms with E-state index >= 15 is 0 Å². The number of hydrogen-bond acceptors (Lipinski definition) is 6. The fourth-order valence-electron chi connectivity index (χ4n) is 4.49. The van der Waals surface area contributed by atoms with Crippen molar-refractivity contribution in [2.75, 3.05) is 19.7 Å². The van der Waals surface area contributed by atoms with Crippen LogP contribution in [0.2, 0.25) is 0 Å². The third-order valence-electron chi connectivity index (χ3n) is 6.60. The van der Waals surface area contributed by atoms with Crippen LogP contribution in [-0.2, 0) is 4.79 Å². The van der Waals surface area contributed by atoms with Crippen molar-refractivity contribution < 1.29 is 28.2 Å². The van der Waals surface area contributed by atoms with Gasteiger partial charge in [0.05, 0.1) is 30.3 Å². The summed E-state index contributed by atoms with van der Waals surface area (Å²) in [7, 11) is 0. The van der Waals surface area contributed by atoms with E-state index in [9.17, 15) is 23.5 Å². The number of halogens is 2. The average molecular weight is 500 g/mol. The Balaban J connectivity index is 1.44. The molecular weight excluding hydrogens is 472 g/mol. The summed E-state index contributed by atoms with van der Waals surface area (Å²) < 4.78 is 34.8. The maximum absolute atomic E-state index is 14.6. The quantitative estimate of drug-likeness (QED) is 0.460. The second-order valence-electron chi connectivity index (χ2n) is 9.48. The number of amides is 2. The van der Waals surface area contributed by atoms with Gasteiger partial charge in [0.2, 0.25) is 0 Å². The highest BCUT2D eigenvalue weighted by molar-refractivity contribution is 6.09. The van der Waals surface area contributed by atoms with Crippen molar-refractivity contribution in [2.45, 2.75) is 45.0 Å². The number of ether oxygens (including phenoxy) is 1. The molecule has 2 aromatic heterocycles. The summed E-state index contributed by atoms with van der Waals surface area (Å²) in [6.45, 7) is 3.27. The van der Waals surface area contributed by atoms with Crippen LogP contribution in [0.5, 0.6) is 5.75 Å². The number of hydrogen-bond donors (Lipinski definition) is 3. The molecule has 1 aliphatic carbocycles. The van der Waals surface area contributed by atoms with Gasteiger partial charge in [-0.05, 0) is 50.8 Å². The van der Waals surface area contributed by atoms with E-state index in [-0.39, 0.29) is 18.7 Å². The molecular formula is C25H27F2N5O4. The fraction of sp³-hybridized carbons (Fsp3) is 0.440. The number of nitrogens with one attached hydrogen (secondary N) is 2. The largest absolute Gasteiger partial charge is 0.493 e. The number of aryl methyl sites for hydroxylation is 1. The van der Waals surface area contributed by atoms with Crippen LogP contribution in [0.1, 0.15) is 35.8 Å². The second kappa shape index (κ2) is 9.45. The molecule has 190 valence electrons. The molecule has 3 atom stereocenters. The number of rotatable bonds is 7. The topological polar surface area (TPSA) is 120 Å². The Kier molecular flexibility index (Phi) is 6.33. The first kappa shape index (κ1) is 24.1. The van der Waals surface area contributed by atoms with E-state index in [1.54, 1.807) is 13.0 Å². The molecule has 1 aromatic carbocycles. The minimum atomic E-state index is -1.48. The molecule has 0 radical (unpaired) electrons. The Morgan fingerprint density at radius 3 is 2.81 bits per heavy atom. The summed E-state index contributed by atoms with van der Waals surface area (Å²) in [6.07, 6.45) is 0.764. The standard InChI is InChI=1S/C25H27F2N5O4/c1-12-20(24(34)31-18-9-32(8-17(18)27)25(35)13(2)33)22-23(30-12)21(28-11-29-22)16-7-15(26)5-6-19(16)36-10-14-3-4-14/h5-7,11,13-14,17-18,30,33H,3-4,8-10H2,1-2H3,(H,31,34)/t13-,17+,18+/m0/s1. The van der Waals surface area contributed by atoms with Gasteiger partial charge in [-0.3, -0.25) is 9.59 Å². The molecule has 3 aromatic rings. The third-order valence-corrected chi connectivity index (χ3v) is 6.60. The summed E-state index contributed by atoms with van der Waals surface area (Å²) >= 11 is 0. The Bertz CT molecular complexity index is 1320. The van der Waals surface area contributed by atoms with Crippen molar-refractivity contribution in [1.29, 1.82) is 0 Å². The average Bonchev–Trinajstić information content (AvgIpc) is 3.51. The van der Waals surface area contributed by atoms with Gasteiger partial charge in [-0.2, -0.15) is 0 Å². The van der Waals surface area contributed by atoms with Gasteiger partial charge in [-0.1, -0.05) is 0 Å². The third kappa shape index (κ3) is 4.62. The van der Waals surface area contributed by atoms with Crippen LogP contribution >= 0.6 is 0 Å². The number of alkyl halides is 1. The van der Waals surface area contributed by atoms with E-state index in [0.717, 1.165) is 12.8 Å². The number of benzene rings is 1. The normalized spacial score (nSPS) is 20.5. The number of H-pyrrole nitrogens is 1. The molecule has 11 heteroatoms. The molecule has 0 spiro atoms. The number of aromatic amines is 1. The summed E-state index contributed by atoms with van der Waals surface area (Å²) in [6, 6.07) is 3.28. The van der Waals surface area contributed by atoms with Crippen molar-refractivity contribution >= 4 is 22.8 Å². The van der Waals surface area contributed by atoms with Gasteiger partial charge in [0, 0.05) is 17.8 Å².